The van der Waals surface area contributed by atoms with E-state index in [9.17, 15) is 0 Å². The lowest BCUT2D eigenvalue weighted by Crippen LogP contribution is -2.26. The number of aromatic nitrogens is 2. The molecule has 0 radical (unpaired) electrons. The van der Waals surface area contributed by atoms with Crippen molar-refractivity contribution in [3.05, 3.63) is 12.4 Å². The van der Waals surface area contributed by atoms with Crippen LogP contribution in [0.15, 0.2) is 12.4 Å². The average Bonchev–Trinajstić information content (AvgIpc) is 3.10. The van der Waals surface area contributed by atoms with Crippen LogP contribution >= 0.6 is 0 Å². The first-order valence-corrected chi connectivity index (χ1v) is 5.58. The SMILES string of the molecule is CCN(CC1CC1)c1cncc(NC)n1. The molecule has 0 unspecified atom stereocenters. The molecule has 1 aromatic rings. The molecular formula is C11H18N4. The molecule has 1 N–H and O–H groups in total. The third kappa shape index (κ3) is 2.58. The summed E-state index contributed by atoms with van der Waals surface area (Å²) in [4.78, 5) is 11.0. The number of nitrogens with zero attached hydrogens (tertiary/aromatic N) is 3. The van der Waals surface area contributed by atoms with E-state index in [1.165, 1.54) is 12.8 Å². The van der Waals surface area contributed by atoms with Crippen molar-refractivity contribution in [1.82, 2.24) is 9.97 Å². The van der Waals surface area contributed by atoms with Crippen molar-refractivity contribution in [1.29, 1.82) is 0 Å². The summed E-state index contributed by atoms with van der Waals surface area (Å²) in [5.74, 6) is 2.70. The van der Waals surface area contributed by atoms with Gasteiger partial charge in [-0.25, -0.2) is 4.98 Å². The highest BCUT2D eigenvalue weighted by Crippen LogP contribution is 2.30. The van der Waals surface area contributed by atoms with Crippen molar-refractivity contribution in [3.63, 3.8) is 0 Å². The Labute approximate surface area is 90.7 Å². The van der Waals surface area contributed by atoms with Gasteiger partial charge in [0.15, 0.2) is 0 Å². The highest BCUT2D eigenvalue weighted by molar-refractivity contribution is 5.43. The lowest BCUT2D eigenvalue weighted by Gasteiger charge is -2.21. The normalized spacial score (nSPS) is 15.1. The van der Waals surface area contributed by atoms with Gasteiger partial charge in [0.25, 0.3) is 0 Å². The van der Waals surface area contributed by atoms with Crippen molar-refractivity contribution >= 4 is 11.6 Å². The van der Waals surface area contributed by atoms with Crippen LogP contribution in [0.3, 0.4) is 0 Å². The molecule has 1 aromatic heterocycles. The molecule has 0 saturated heterocycles. The van der Waals surface area contributed by atoms with Crippen LogP contribution < -0.4 is 10.2 Å². The van der Waals surface area contributed by atoms with E-state index in [0.717, 1.165) is 30.6 Å². The predicted molar refractivity (Wildman–Crippen MR) is 62.2 cm³/mol. The van der Waals surface area contributed by atoms with E-state index in [0.29, 0.717) is 0 Å². The molecule has 1 heterocycles. The zero-order valence-electron chi connectivity index (χ0n) is 9.40. The zero-order valence-corrected chi connectivity index (χ0v) is 9.40. The number of hydrogen-bond acceptors (Lipinski definition) is 4. The molecule has 1 fully saturated rings. The van der Waals surface area contributed by atoms with Crippen LogP contribution in [0, 0.1) is 5.92 Å². The van der Waals surface area contributed by atoms with Crippen molar-refractivity contribution in [2.24, 2.45) is 5.92 Å². The first kappa shape index (κ1) is 10.2. The molecule has 2 rings (SSSR count). The van der Waals surface area contributed by atoms with Gasteiger partial charge in [0, 0.05) is 20.1 Å². The maximum Gasteiger partial charge on any atom is 0.149 e. The van der Waals surface area contributed by atoms with E-state index in [-0.39, 0.29) is 0 Å². The van der Waals surface area contributed by atoms with Crippen molar-refractivity contribution in [2.75, 3.05) is 30.4 Å². The summed E-state index contributed by atoms with van der Waals surface area (Å²) >= 11 is 0. The molecule has 0 atom stereocenters. The number of hydrogen-bond donors (Lipinski definition) is 1. The quantitative estimate of drug-likeness (QED) is 0.797. The summed E-state index contributed by atoms with van der Waals surface area (Å²) in [7, 11) is 1.87. The van der Waals surface area contributed by atoms with Crippen LogP contribution in [0.25, 0.3) is 0 Å². The van der Waals surface area contributed by atoms with Crippen LogP contribution in [-0.2, 0) is 0 Å². The first-order valence-electron chi connectivity index (χ1n) is 5.58. The Morgan fingerprint density at radius 1 is 1.47 bits per heavy atom. The summed E-state index contributed by atoms with van der Waals surface area (Å²) in [6.45, 7) is 4.28. The summed E-state index contributed by atoms with van der Waals surface area (Å²) in [6.07, 6.45) is 6.33. The summed E-state index contributed by atoms with van der Waals surface area (Å²) in [5.41, 5.74) is 0. The predicted octanol–water partition coefficient (Wildman–Crippen LogP) is 1.75. The number of nitrogens with one attached hydrogen (secondary N) is 1. The van der Waals surface area contributed by atoms with Crippen molar-refractivity contribution < 1.29 is 0 Å². The molecule has 0 aliphatic heterocycles. The lowest BCUT2D eigenvalue weighted by molar-refractivity contribution is 0.730. The number of rotatable bonds is 5. The molecule has 0 aromatic carbocycles. The molecule has 4 nitrogen and oxygen atoms in total. The van der Waals surface area contributed by atoms with E-state index in [1.807, 2.05) is 13.2 Å². The standard InChI is InChI=1S/C11H18N4/c1-3-15(8-9-4-5-9)11-7-13-6-10(12-2)14-11/h6-7,9H,3-5,8H2,1-2H3,(H,12,14). The zero-order chi connectivity index (χ0) is 10.7. The summed E-state index contributed by atoms with van der Waals surface area (Å²) in [5, 5.41) is 3.01. The van der Waals surface area contributed by atoms with Gasteiger partial charge in [0.1, 0.15) is 11.6 Å². The van der Waals surface area contributed by atoms with Crippen molar-refractivity contribution in [2.45, 2.75) is 19.8 Å². The third-order valence-corrected chi connectivity index (χ3v) is 2.76. The fourth-order valence-corrected chi connectivity index (χ4v) is 1.63. The minimum atomic E-state index is 0.835. The number of anilines is 2. The molecule has 1 saturated carbocycles. The minimum absolute atomic E-state index is 0.835. The smallest absolute Gasteiger partial charge is 0.149 e. The molecule has 82 valence electrons. The second-order valence-corrected chi connectivity index (χ2v) is 3.99. The van der Waals surface area contributed by atoms with Crippen LogP contribution in [0.1, 0.15) is 19.8 Å². The monoisotopic (exact) mass is 206 g/mol. The van der Waals surface area contributed by atoms with Crippen LogP contribution in [-0.4, -0.2) is 30.1 Å². The van der Waals surface area contributed by atoms with E-state index >= 15 is 0 Å². The van der Waals surface area contributed by atoms with Gasteiger partial charge in [-0.1, -0.05) is 0 Å². The highest BCUT2D eigenvalue weighted by atomic mass is 15.2. The Morgan fingerprint density at radius 2 is 2.27 bits per heavy atom. The molecule has 0 bridgehead atoms. The fraction of sp³-hybridized carbons (Fsp3) is 0.636. The van der Waals surface area contributed by atoms with Gasteiger partial charge in [-0.3, -0.25) is 4.98 Å². The molecule has 1 aliphatic carbocycles. The maximum absolute atomic E-state index is 4.50. The van der Waals surface area contributed by atoms with Crippen LogP contribution in [0.4, 0.5) is 11.6 Å². The van der Waals surface area contributed by atoms with Gasteiger partial charge in [0.05, 0.1) is 12.4 Å². The topological polar surface area (TPSA) is 41.1 Å². The summed E-state index contributed by atoms with van der Waals surface area (Å²) < 4.78 is 0. The largest absolute Gasteiger partial charge is 0.372 e. The van der Waals surface area contributed by atoms with Crippen LogP contribution in [0.2, 0.25) is 0 Å². The molecule has 1 aliphatic rings. The van der Waals surface area contributed by atoms with E-state index in [2.05, 4.69) is 27.1 Å². The second kappa shape index (κ2) is 4.47. The van der Waals surface area contributed by atoms with Gasteiger partial charge >= 0.3 is 0 Å². The molecule has 0 spiro atoms. The minimum Gasteiger partial charge on any atom is -0.372 e. The Morgan fingerprint density at radius 3 is 2.87 bits per heavy atom. The van der Waals surface area contributed by atoms with Gasteiger partial charge in [-0.15, -0.1) is 0 Å². The van der Waals surface area contributed by atoms with E-state index < -0.39 is 0 Å². The highest BCUT2D eigenvalue weighted by Gasteiger charge is 2.24. The van der Waals surface area contributed by atoms with E-state index in [1.54, 1.807) is 6.20 Å². The van der Waals surface area contributed by atoms with Gasteiger partial charge < -0.3 is 10.2 Å². The lowest BCUT2D eigenvalue weighted by atomic mass is 10.3. The Balaban J connectivity index is 2.09. The third-order valence-electron chi connectivity index (χ3n) is 2.76. The average molecular weight is 206 g/mol. The first-order chi connectivity index (χ1) is 7.33. The summed E-state index contributed by atoms with van der Waals surface area (Å²) in [6, 6.07) is 0. The van der Waals surface area contributed by atoms with E-state index in [4.69, 9.17) is 0 Å². The maximum atomic E-state index is 4.50. The van der Waals surface area contributed by atoms with Crippen LogP contribution in [0.5, 0.6) is 0 Å². The molecule has 0 amide bonds. The molecular weight excluding hydrogens is 188 g/mol. The Bertz CT molecular complexity index is 322. The van der Waals surface area contributed by atoms with Gasteiger partial charge in [-0.2, -0.15) is 0 Å². The Kier molecular flexibility index (Phi) is 3.04. The Hall–Kier alpha value is -1.32. The molecule has 15 heavy (non-hydrogen) atoms. The molecule has 4 heteroatoms. The second-order valence-electron chi connectivity index (χ2n) is 3.99. The fourth-order valence-electron chi connectivity index (χ4n) is 1.63. The van der Waals surface area contributed by atoms with Gasteiger partial charge in [-0.05, 0) is 25.7 Å². The van der Waals surface area contributed by atoms with Crippen molar-refractivity contribution in [3.8, 4) is 0 Å². The van der Waals surface area contributed by atoms with Gasteiger partial charge in [0.2, 0.25) is 0 Å².